The average Bonchev–Trinajstić information content (AvgIpc) is 2.47. The van der Waals surface area contributed by atoms with Crippen LogP contribution in [-0.4, -0.2) is 11.2 Å². The topological polar surface area (TPSA) is 66.9 Å². The molecule has 6 heteroatoms. The van der Waals surface area contributed by atoms with Crippen molar-refractivity contribution in [2.24, 2.45) is 0 Å². The number of nitrogens with zero attached hydrogens (tertiary/aromatic N) is 2. The Morgan fingerprint density at radius 3 is 2.83 bits per heavy atom. The highest BCUT2D eigenvalue weighted by Gasteiger charge is 2.17. The van der Waals surface area contributed by atoms with Gasteiger partial charge in [0, 0.05) is 0 Å². The lowest BCUT2D eigenvalue weighted by Gasteiger charge is -1.87. The summed E-state index contributed by atoms with van der Waals surface area (Å²) in [5.74, 6) is 0. The van der Waals surface area contributed by atoms with Gasteiger partial charge in [-0.1, -0.05) is 11.3 Å². The van der Waals surface area contributed by atoms with Gasteiger partial charge in [0.25, 0.3) is 0 Å². The van der Waals surface area contributed by atoms with Crippen molar-refractivity contribution in [3.8, 4) is 6.07 Å². The predicted molar refractivity (Wildman–Crippen MR) is 47.5 cm³/mol. The number of hydrogen-bond donors (Lipinski definition) is 0. The minimum Gasteiger partial charge on any atom is -0.258 e. The van der Waals surface area contributed by atoms with Crippen LogP contribution < -0.4 is 0 Å². The minimum atomic E-state index is -0.461. The van der Waals surface area contributed by atoms with E-state index in [4.69, 9.17) is 5.26 Å². The molecule has 0 aliphatic heterocycles. The molecule has 1 aromatic rings. The molecular formula is C6H4N2O2S2. The Kier molecular flexibility index (Phi) is 2.68. The highest BCUT2D eigenvalue weighted by molar-refractivity contribution is 7.98. The molecule has 4 nitrogen and oxygen atoms in total. The quantitative estimate of drug-likeness (QED) is 0.417. The fourth-order valence-corrected chi connectivity index (χ4v) is 2.29. The van der Waals surface area contributed by atoms with Gasteiger partial charge < -0.3 is 0 Å². The molecule has 0 aromatic carbocycles. The summed E-state index contributed by atoms with van der Waals surface area (Å²) >= 11 is 2.19. The normalized spacial score (nSPS) is 9.33. The van der Waals surface area contributed by atoms with Crippen LogP contribution in [0.1, 0.15) is 4.88 Å². The van der Waals surface area contributed by atoms with Crippen molar-refractivity contribution in [3.63, 3.8) is 0 Å². The van der Waals surface area contributed by atoms with E-state index in [2.05, 4.69) is 0 Å². The molecule has 0 aliphatic carbocycles. The van der Waals surface area contributed by atoms with Crippen molar-refractivity contribution in [1.82, 2.24) is 0 Å². The molecule has 0 bridgehead atoms. The summed E-state index contributed by atoms with van der Waals surface area (Å²) < 4.78 is 0. The molecule has 0 atom stereocenters. The van der Waals surface area contributed by atoms with E-state index in [1.807, 2.05) is 6.07 Å². The second-order valence-electron chi connectivity index (χ2n) is 1.85. The Balaban J connectivity index is 3.19. The van der Waals surface area contributed by atoms with Gasteiger partial charge in [-0.2, -0.15) is 5.26 Å². The molecule has 0 N–H and O–H groups in total. The van der Waals surface area contributed by atoms with Crippen LogP contribution in [0.25, 0.3) is 0 Å². The van der Waals surface area contributed by atoms with Gasteiger partial charge in [-0.25, -0.2) is 0 Å². The maximum absolute atomic E-state index is 10.4. The Morgan fingerprint density at radius 2 is 2.50 bits per heavy atom. The second kappa shape index (κ2) is 3.56. The van der Waals surface area contributed by atoms with Gasteiger partial charge >= 0.3 is 5.00 Å². The number of nitro groups is 1. The summed E-state index contributed by atoms with van der Waals surface area (Å²) in [4.78, 5) is 10.9. The molecule has 1 aromatic heterocycles. The van der Waals surface area contributed by atoms with Crippen LogP contribution in [0, 0.1) is 21.4 Å². The largest absolute Gasteiger partial charge is 0.338 e. The van der Waals surface area contributed by atoms with Crippen molar-refractivity contribution >= 4 is 28.1 Å². The molecular weight excluding hydrogens is 196 g/mol. The zero-order valence-corrected chi connectivity index (χ0v) is 7.74. The molecule has 0 fully saturated rings. The number of rotatable bonds is 2. The van der Waals surface area contributed by atoms with Crippen molar-refractivity contribution in [2.45, 2.75) is 4.90 Å². The molecule has 1 heterocycles. The van der Waals surface area contributed by atoms with Crippen LogP contribution in [0.2, 0.25) is 0 Å². The molecule has 12 heavy (non-hydrogen) atoms. The first-order valence-electron chi connectivity index (χ1n) is 2.91. The van der Waals surface area contributed by atoms with E-state index in [-0.39, 0.29) is 5.00 Å². The summed E-state index contributed by atoms with van der Waals surface area (Å²) in [6, 6.07) is 3.41. The van der Waals surface area contributed by atoms with Gasteiger partial charge in [0.1, 0.15) is 10.9 Å². The third-order valence-corrected chi connectivity index (χ3v) is 3.05. The Bertz CT molecular complexity index is 353. The number of hydrogen-bond acceptors (Lipinski definition) is 5. The van der Waals surface area contributed by atoms with Crippen LogP contribution in [0.5, 0.6) is 0 Å². The summed E-state index contributed by atoms with van der Waals surface area (Å²) in [6.45, 7) is 0. The maximum Gasteiger partial charge on any atom is 0.338 e. The number of nitriles is 1. The van der Waals surface area contributed by atoms with Crippen molar-refractivity contribution in [2.75, 3.05) is 6.26 Å². The van der Waals surface area contributed by atoms with E-state index in [0.717, 1.165) is 11.3 Å². The first kappa shape index (κ1) is 9.03. The van der Waals surface area contributed by atoms with Crippen LogP contribution in [0.4, 0.5) is 5.00 Å². The first-order chi connectivity index (χ1) is 5.69. The summed E-state index contributed by atoms with van der Waals surface area (Å²) in [5.41, 5.74) is 0. The number of thiophene rings is 1. The lowest BCUT2D eigenvalue weighted by molar-refractivity contribution is -0.382. The van der Waals surface area contributed by atoms with Gasteiger partial charge in [-0.3, -0.25) is 10.1 Å². The molecule has 1 rings (SSSR count). The first-order valence-corrected chi connectivity index (χ1v) is 4.95. The van der Waals surface area contributed by atoms with E-state index < -0.39 is 4.92 Å². The van der Waals surface area contributed by atoms with Crippen LogP contribution in [-0.2, 0) is 0 Å². The van der Waals surface area contributed by atoms with Gasteiger partial charge in [-0.15, -0.1) is 11.8 Å². The van der Waals surface area contributed by atoms with Crippen LogP contribution >= 0.6 is 23.1 Å². The lowest BCUT2D eigenvalue weighted by atomic mass is 10.5. The van der Waals surface area contributed by atoms with Gasteiger partial charge in [0.2, 0.25) is 0 Å². The highest BCUT2D eigenvalue weighted by Crippen LogP contribution is 2.35. The molecule has 0 aliphatic rings. The summed E-state index contributed by atoms with van der Waals surface area (Å²) in [6.07, 6.45) is 1.75. The Labute approximate surface area is 77.0 Å². The van der Waals surface area contributed by atoms with Crippen molar-refractivity contribution in [1.29, 1.82) is 5.26 Å². The molecule has 0 saturated carbocycles. The van der Waals surface area contributed by atoms with Crippen LogP contribution in [0.15, 0.2) is 11.0 Å². The standard InChI is InChI=1S/C6H4N2O2S2/c1-11-5-2-4(3-7)12-6(5)8(9)10/h2H,1H3. The van der Waals surface area contributed by atoms with Crippen molar-refractivity contribution in [3.05, 3.63) is 21.1 Å². The third-order valence-electron chi connectivity index (χ3n) is 1.18. The monoisotopic (exact) mass is 200 g/mol. The average molecular weight is 200 g/mol. The van der Waals surface area contributed by atoms with E-state index in [9.17, 15) is 10.1 Å². The molecule has 0 unspecified atom stereocenters. The summed E-state index contributed by atoms with van der Waals surface area (Å²) in [7, 11) is 0. The van der Waals surface area contributed by atoms with E-state index >= 15 is 0 Å². The van der Waals surface area contributed by atoms with E-state index in [1.165, 1.54) is 17.8 Å². The SMILES string of the molecule is CSc1cc(C#N)sc1[N+](=O)[O-]. The van der Waals surface area contributed by atoms with Gasteiger partial charge in [0.05, 0.1) is 9.82 Å². The van der Waals surface area contributed by atoms with Crippen molar-refractivity contribution < 1.29 is 4.92 Å². The fraction of sp³-hybridized carbons (Fsp3) is 0.167. The predicted octanol–water partition coefficient (Wildman–Crippen LogP) is 2.25. The highest BCUT2D eigenvalue weighted by atomic mass is 32.2. The van der Waals surface area contributed by atoms with E-state index in [0.29, 0.717) is 9.77 Å². The number of thioether (sulfide) groups is 1. The molecule has 0 spiro atoms. The minimum absolute atomic E-state index is 0.0547. The zero-order valence-electron chi connectivity index (χ0n) is 6.10. The Hall–Kier alpha value is -1.06. The third kappa shape index (κ3) is 1.57. The molecule has 0 saturated heterocycles. The molecule has 0 amide bonds. The van der Waals surface area contributed by atoms with Gasteiger partial charge in [0.15, 0.2) is 0 Å². The Morgan fingerprint density at radius 1 is 1.83 bits per heavy atom. The van der Waals surface area contributed by atoms with Crippen LogP contribution in [0.3, 0.4) is 0 Å². The van der Waals surface area contributed by atoms with E-state index in [1.54, 1.807) is 6.26 Å². The lowest BCUT2D eigenvalue weighted by Crippen LogP contribution is -1.83. The molecule has 62 valence electrons. The summed E-state index contributed by atoms with van der Waals surface area (Å²) in [5, 5.41) is 18.9. The fourth-order valence-electron chi connectivity index (χ4n) is 0.693. The maximum atomic E-state index is 10.4. The smallest absolute Gasteiger partial charge is 0.258 e. The van der Waals surface area contributed by atoms with Gasteiger partial charge in [-0.05, 0) is 12.3 Å². The second-order valence-corrected chi connectivity index (χ2v) is 3.73. The zero-order chi connectivity index (χ0) is 9.14. The molecule has 0 radical (unpaired) electrons.